The third-order valence-electron chi connectivity index (χ3n) is 3.79. The quantitative estimate of drug-likeness (QED) is 0.799. The Bertz CT molecular complexity index is 674. The molecule has 0 aliphatic rings. The van der Waals surface area contributed by atoms with Crippen molar-refractivity contribution in [1.29, 1.82) is 0 Å². The molecule has 4 nitrogen and oxygen atoms in total. The van der Waals surface area contributed by atoms with Crippen molar-refractivity contribution in [2.75, 3.05) is 26.0 Å². The molecule has 0 fully saturated rings. The molecular weight excluding hydrogens is 324 g/mol. The molecule has 2 rings (SSSR count). The first-order chi connectivity index (χ1) is 11.5. The van der Waals surface area contributed by atoms with Crippen LogP contribution in [0.2, 0.25) is 5.02 Å². The molecule has 5 heteroatoms. The number of amides is 2. The Morgan fingerprint density at radius 1 is 1.21 bits per heavy atom. The molecule has 24 heavy (non-hydrogen) atoms. The van der Waals surface area contributed by atoms with Gasteiger partial charge in [0.25, 0.3) is 0 Å². The summed E-state index contributed by atoms with van der Waals surface area (Å²) in [6.07, 6.45) is 0.985. The Morgan fingerprint density at radius 3 is 2.50 bits per heavy atom. The molecule has 1 N–H and O–H groups in total. The first-order valence-corrected chi connectivity index (χ1v) is 8.34. The lowest BCUT2D eigenvalue weighted by Gasteiger charge is -2.18. The van der Waals surface area contributed by atoms with Crippen molar-refractivity contribution in [3.8, 4) is 5.75 Å². The lowest BCUT2D eigenvalue weighted by molar-refractivity contribution is 0.230. The minimum absolute atomic E-state index is 0.199. The monoisotopic (exact) mass is 346 g/mol. The summed E-state index contributed by atoms with van der Waals surface area (Å²) in [5.41, 5.74) is 1.90. The smallest absolute Gasteiger partial charge is 0.321 e. The fourth-order valence-electron chi connectivity index (χ4n) is 2.30. The standard InChI is InChI=1S/C19H23ClN2O2/c1-4-14(15-8-6-5-7-9-15)13-24-18-11-10-16(12-17(18)20)21-19(23)22(2)3/h5-12,14H,4,13H2,1-3H3,(H,21,23). The van der Waals surface area contributed by atoms with E-state index in [-0.39, 0.29) is 6.03 Å². The van der Waals surface area contributed by atoms with Gasteiger partial charge in [0.15, 0.2) is 0 Å². The Labute approximate surface area is 148 Å². The molecule has 0 aromatic heterocycles. The Morgan fingerprint density at radius 2 is 1.92 bits per heavy atom. The van der Waals surface area contributed by atoms with E-state index in [1.807, 2.05) is 18.2 Å². The minimum atomic E-state index is -0.199. The zero-order chi connectivity index (χ0) is 17.5. The van der Waals surface area contributed by atoms with Crippen LogP contribution >= 0.6 is 11.6 Å². The number of halogens is 1. The molecular formula is C19H23ClN2O2. The summed E-state index contributed by atoms with van der Waals surface area (Å²) in [5, 5.41) is 3.24. The van der Waals surface area contributed by atoms with Crippen LogP contribution in [0.4, 0.5) is 10.5 Å². The molecule has 1 unspecified atom stereocenters. The Balaban J connectivity index is 2.01. The van der Waals surface area contributed by atoms with E-state index in [1.54, 1.807) is 32.3 Å². The van der Waals surface area contributed by atoms with Gasteiger partial charge in [-0.15, -0.1) is 0 Å². The summed E-state index contributed by atoms with van der Waals surface area (Å²) < 4.78 is 5.90. The van der Waals surface area contributed by atoms with Crippen LogP contribution in [0, 0.1) is 0 Å². The second-order valence-electron chi connectivity index (χ2n) is 5.80. The highest BCUT2D eigenvalue weighted by Crippen LogP contribution is 2.29. The van der Waals surface area contributed by atoms with Gasteiger partial charge in [-0.05, 0) is 30.2 Å². The molecule has 0 heterocycles. The van der Waals surface area contributed by atoms with E-state index >= 15 is 0 Å². The molecule has 0 bridgehead atoms. The van der Waals surface area contributed by atoms with Gasteiger partial charge < -0.3 is 15.0 Å². The van der Waals surface area contributed by atoms with Crippen molar-refractivity contribution in [1.82, 2.24) is 4.90 Å². The topological polar surface area (TPSA) is 41.6 Å². The van der Waals surface area contributed by atoms with Crippen LogP contribution in [0.1, 0.15) is 24.8 Å². The van der Waals surface area contributed by atoms with Crippen LogP contribution in [-0.2, 0) is 0 Å². The third-order valence-corrected chi connectivity index (χ3v) is 4.09. The van der Waals surface area contributed by atoms with Crippen molar-refractivity contribution in [2.24, 2.45) is 0 Å². The number of ether oxygens (including phenoxy) is 1. The van der Waals surface area contributed by atoms with Crippen molar-refractivity contribution >= 4 is 23.3 Å². The van der Waals surface area contributed by atoms with E-state index in [2.05, 4.69) is 24.4 Å². The maximum Gasteiger partial charge on any atom is 0.321 e. The van der Waals surface area contributed by atoms with Gasteiger partial charge in [0.05, 0.1) is 11.6 Å². The predicted molar refractivity (Wildman–Crippen MR) is 99.1 cm³/mol. The number of benzene rings is 2. The van der Waals surface area contributed by atoms with Crippen LogP contribution in [0.5, 0.6) is 5.75 Å². The van der Waals surface area contributed by atoms with Gasteiger partial charge in [0, 0.05) is 25.7 Å². The third kappa shape index (κ3) is 4.90. The second kappa shape index (κ2) is 8.60. The number of carbonyl (C=O) groups excluding carboxylic acids is 1. The Kier molecular flexibility index (Phi) is 6.50. The van der Waals surface area contributed by atoms with Gasteiger partial charge in [-0.2, -0.15) is 0 Å². The first-order valence-electron chi connectivity index (χ1n) is 7.96. The molecule has 2 aromatic rings. The molecule has 0 aliphatic carbocycles. The average molecular weight is 347 g/mol. The lowest BCUT2D eigenvalue weighted by Crippen LogP contribution is -2.27. The minimum Gasteiger partial charge on any atom is -0.491 e. The number of hydrogen-bond acceptors (Lipinski definition) is 2. The lowest BCUT2D eigenvalue weighted by atomic mass is 9.98. The molecule has 0 aliphatic heterocycles. The summed E-state index contributed by atoms with van der Waals surface area (Å²) in [6.45, 7) is 2.70. The SMILES string of the molecule is CCC(COc1ccc(NC(=O)N(C)C)cc1Cl)c1ccccc1. The fraction of sp³-hybridized carbons (Fsp3) is 0.316. The second-order valence-corrected chi connectivity index (χ2v) is 6.20. The number of anilines is 1. The van der Waals surface area contributed by atoms with Crippen LogP contribution in [0.15, 0.2) is 48.5 Å². The molecule has 0 spiro atoms. The van der Waals surface area contributed by atoms with Crippen molar-refractivity contribution in [2.45, 2.75) is 19.3 Å². The van der Waals surface area contributed by atoms with E-state index in [4.69, 9.17) is 16.3 Å². The predicted octanol–water partition coefficient (Wildman–Crippen LogP) is 5.01. The zero-order valence-electron chi connectivity index (χ0n) is 14.3. The summed E-state index contributed by atoms with van der Waals surface area (Å²) in [4.78, 5) is 13.1. The maximum atomic E-state index is 11.7. The first kappa shape index (κ1) is 18.1. The van der Waals surface area contributed by atoms with Crippen LogP contribution in [0.25, 0.3) is 0 Å². The summed E-state index contributed by atoms with van der Waals surface area (Å²) in [6, 6.07) is 15.4. The van der Waals surface area contributed by atoms with Crippen molar-refractivity contribution in [3.05, 3.63) is 59.1 Å². The molecule has 0 saturated heterocycles. The van der Waals surface area contributed by atoms with Crippen molar-refractivity contribution < 1.29 is 9.53 Å². The number of carbonyl (C=O) groups is 1. The van der Waals surface area contributed by atoms with E-state index < -0.39 is 0 Å². The molecule has 128 valence electrons. The van der Waals surface area contributed by atoms with Gasteiger partial charge >= 0.3 is 6.03 Å². The van der Waals surface area contributed by atoms with Gasteiger partial charge in [-0.3, -0.25) is 0 Å². The van der Waals surface area contributed by atoms with E-state index in [1.165, 1.54) is 10.5 Å². The number of nitrogens with one attached hydrogen (secondary N) is 1. The van der Waals surface area contributed by atoms with E-state index in [0.29, 0.717) is 29.0 Å². The Hall–Kier alpha value is -2.20. The highest BCUT2D eigenvalue weighted by atomic mass is 35.5. The summed E-state index contributed by atoms with van der Waals surface area (Å²) in [7, 11) is 3.37. The van der Waals surface area contributed by atoms with Gasteiger partial charge in [-0.25, -0.2) is 4.79 Å². The largest absolute Gasteiger partial charge is 0.491 e. The maximum absolute atomic E-state index is 11.7. The molecule has 0 saturated carbocycles. The molecule has 2 amide bonds. The van der Waals surface area contributed by atoms with E-state index in [0.717, 1.165) is 6.42 Å². The molecule has 2 aromatic carbocycles. The van der Waals surface area contributed by atoms with Gasteiger partial charge in [0.2, 0.25) is 0 Å². The highest BCUT2D eigenvalue weighted by molar-refractivity contribution is 6.32. The summed E-state index contributed by atoms with van der Waals surface area (Å²) in [5.74, 6) is 0.935. The van der Waals surface area contributed by atoms with Gasteiger partial charge in [0.1, 0.15) is 5.75 Å². The van der Waals surface area contributed by atoms with Gasteiger partial charge in [-0.1, -0.05) is 48.9 Å². The zero-order valence-corrected chi connectivity index (χ0v) is 15.0. The normalized spacial score (nSPS) is 11.7. The van der Waals surface area contributed by atoms with Crippen LogP contribution in [0.3, 0.4) is 0 Å². The molecule has 1 atom stereocenters. The number of nitrogens with zero attached hydrogens (tertiary/aromatic N) is 1. The summed E-state index contributed by atoms with van der Waals surface area (Å²) >= 11 is 6.28. The number of hydrogen-bond donors (Lipinski definition) is 1. The number of rotatable bonds is 6. The highest BCUT2D eigenvalue weighted by Gasteiger charge is 2.12. The molecule has 0 radical (unpaired) electrons. The number of urea groups is 1. The van der Waals surface area contributed by atoms with E-state index in [9.17, 15) is 4.79 Å². The van der Waals surface area contributed by atoms with Crippen LogP contribution < -0.4 is 10.1 Å². The van der Waals surface area contributed by atoms with Crippen LogP contribution in [-0.4, -0.2) is 31.6 Å². The van der Waals surface area contributed by atoms with Crippen molar-refractivity contribution in [3.63, 3.8) is 0 Å². The average Bonchev–Trinajstić information content (AvgIpc) is 2.58. The fourth-order valence-corrected chi connectivity index (χ4v) is 2.53.